The Morgan fingerprint density at radius 1 is 0.882 bits per heavy atom. The maximum Gasteiger partial charge on any atom is 0.251 e. The Bertz CT molecular complexity index is 1100. The van der Waals surface area contributed by atoms with Crippen LogP contribution >= 0.6 is 0 Å². The van der Waals surface area contributed by atoms with E-state index >= 15 is 0 Å². The standard InChI is InChI=1S/C28H31N3O3/c1-21(25-15-9-16-26(19-25)30-22(2)32)31(20-23-11-5-3-6-12-23)27(33)17-10-18-29-28(34)24-13-7-4-8-14-24/h3-9,11-16,19,21H,10,17-18,20H2,1-2H3,(H,29,34)(H,30,32). The van der Waals surface area contributed by atoms with Gasteiger partial charge in [-0.25, -0.2) is 0 Å². The van der Waals surface area contributed by atoms with Crippen molar-refractivity contribution < 1.29 is 14.4 Å². The molecule has 3 rings (SSSR count). The molecule has 1 unspecified atom stereocenters. The van der Waals surface area contributed by atoms with Gasteiger partial charge in [0.2, 0.25) is 11.8 Å². The predicted octanol–water partition coefficient (Wildman–Crippen LogP) is 4.95. The molecule has 6 heteroatoms. The molecule has 1 atom stereocenters. The second-order valence-corrected chi connectivity index (χ2v) is 8.22. The van der Waals surface area contributed by atoms with Crippen molar-refractivity contribution >= 4 is 23.4 Å². The Kier molecular flexibility index (Phi) is 8.97. The maximum absolute atomic E-state index is 13.3. The molecule has 0 aromatic heterocycles. The SMILES string of the molecule is CC(=O)Nc1cccc(C(C)N(Cc2ccccc2)C(=O)CCCNC(=O)c2ccccc2)c1. The van der Waals surface area contributed by atoms with E-state index in [4.69, 9.17) is 0 Å². The van der Waals surface area contributed by atoms with Gasteiger partial charge in [0.25, 0.3) is 5.91 Å². The third-order valence-corrected chi connectivity index (χ3v) is 5.56. The number of nitrogens with one attached hydrogen (secondary N) is 2. The number of carbonyl (C=O) groups is 3. The van der Waals surface area contributed by atoms with Crippen LogP contribution < -0.4 is 10.6 Å². The van der Waals surface area contributed by atoms with Crippen molar-refractivity contribution in [2.24, 2.45) is 0 Å². The lowest BCUT2D eigenvalue weighted by atomic mass is 10.0. The first-order valence-electron chi connectivity index (χ1n) is 11.5. The van der Waals surface area contributed by atoms with E-state index < -0.39 is 0 Å². The van der Waals surface area contributed by atoms with E-state index in [1.807, 2.05) is 84.6 Å². The number of carbonyl (C=O) groups excluding carboxylic acids is 3. The monoisotopic (exact) mass is 457 g/mol. The molecule has 0 spiro atoms. The molecule has 176 valence electrons. The Morgan fingerprint density at radius 3 is 2.24 bits per heavy atom. The first kappa shape index (κ1) is 24.7. The van der Waals surface area contributed by atoms with Crippen LogP contribution in [-0.4, -0.2) is 29.2 Å². The lowest BCUT2D eigenvalue weighted by Crippen LogP contribution is -2.34. The van der Waals surface area contributed by atoms with Gasteiger partial charge in [-0.15, -0.1) is 0 Å². The number of hydrogen-bond acceptors (Lipinski definition) is 3. The molecular formula is C28H31N3O3. The summed E-state index contributed by atoms with van der Waals surface area (Å²) in [6, 6.07) is 26.3. The Labute approximate surface area is 201 Å². The topological polar surface area (TPSA) is 78.5 Å². The zero-order chi connectivity index (χ0) is 24.3. The molecule has 0 aliphatic carbocycles. The molecule has 3 amide bonds. The molecule has 0 radical (unpaired) electrons. The van der Waals surface area contributed by atoms with Crippen molar-refractivity contribution in [1.29, 1.82) is 0 Å². The molecule has 0 heterocycles. The molecule has 0 bridgehead atoms. The molecule has 0 saturated heterocycles. The Hall–Kier alpha value is -3.93. The van der Waals surface area contributed by atoms with Crippen molar-refractivity contribution in [2.75, 3.05) is 11.9 Å². The Balaban J connectivity index is 1.66. The van der Waals surface area contributed by atoms with Gasteiger partial charge in [-0.05, 0) is 48.7 Å². The van der Waals surface area contributed by atoms with Crippen molar-refractivity contribution in [3.8, 4) is 0 Å². The van der Waals surface area contributed by atoms with E-state index in [0.29, 0.717) is 37.2 Å². The lowest BCUT2D eigenvalue weighted by molar-refractivity contribution is -0.134. The first-order valence-corrected chi connectivity index (χ1v) is 11.5. The van der Waals surface area contributed by atoms with Crippen LogP contribution in [0, 0.1) is 0 Å². The van der Waals surface area contributed by atoms with Crippen LogP contribution in [0.15, 0.2) is 84.9 Å². The summed E-state index contributed by atoms with van der Waals surface area (Å²) in [5.74, 6) is -0.271. The summed E-state index contributed by atoms with van der Waals surface area (Å²) < 4.78 is 0. The zero-order valence-corrected chi connectivity index (χ0v) is 19.7. The number of rotatable bonds is 10. The minimum absolute atomic E-state index is 0.00948. The van der Waals surface area contributed by atoms with E-state index in [1.54, 1.807) is 12.1 Å². The molecule has 0 saturated carbocycles. The van der Waals surface area contributed by atoms with Crippen molar-refractivity contribution in [3.05, 3.63) is 102 Å². The summed E-state index contributed by atoms with van der Waals surface area (Å²) in [5, 5.41) is 5.68. The number of hydrogen-bond donors (Lipinski definition) is 2. The summed E-state index contributed by atoms with van der Waals surface area (Å²) in [5.41, 5.74) is 3.28. The van der Waals surface area contributed by atoms with Crippen LogP contribution in [0.2, 0.25) is 0 Å². The minimum atomic E-state index is -0.194. The summed E-state index contributed by atoms with van der Waals surface area (Å²) in [6.45, 7) is 4.36. The molecule has 2 N–H and O–H groups in total. The van der Waals surface area contributed by atoms with Crippen molar-refractivity contribution in [3.63, 3.8) is 0 Å². The summed E-state index contributed by atoms with van der Waals surface area (Å²) in [7, 11) is 0. The molecule has 3 aromatic rings. The van der Waals surface area contributed by atoms with Gasteiger partial charge < -0.3 is 15.5 Å². The van der Waals surface area contributed by atoms with Gasteiger partial charge >= 0.3 is 0 Å². The maximum atomic E-state index is 13.3. The number of benzene rings is 3. The molecule has 0 fully saturated rings. The number of anilines is 1. The van der Waals surface area contributed by atoms with Crippen LogP contribution in [0.5, 0.6) is 0 Å². The van der Waals surface area contributed by atoms with Gasteiger partial charge in [0.05, 0.1) is 6.04 Å². The summed E-state index contributed by atoms with van der Waals surface area (Å²) >= 11 is 0. The smallest absolute Gasteiger partial charge is 0.251 e. The molecule has 3 aromatic carbocycles. The van der Waals surface area contributed by atoms with Gasteiger partial charge in [-0.2, -0.15) is 0 Å². The molecule has 6 nitrogen and oxygen atoms in total. The normalized spacial score (nSPS) is 11.4. The molecule has 0 aliphatic heterocycles. The fourth-order valence-corrected chi connectivity index (χ4v) is 3.76. The van der Waals surface area contributed by atoms with Crippen LogP contribution in [0.25, 0.3) is 0 Å². The van der Waals surface area contributed by atoms with Crippen LogP contribution in [0.3, 0.4) is 0 Å². The van der Waals surface area contributed by atoms with Crippen LogP contribution in [0.4, 0.5) is 5.69 Å². The third kappa shape index (κ3) is 7.30. The number of nitrogens with zero attached hydrogens (tertiary/aromatic N) is 1. The third-order valence-electron chi connectivity index (χ3n) is 5.56. The highest BCUT2D eigenvalue weighted by Crippen LogP contribution is 2.26. The van der Waals surface area contributed by atoms with E-state index in [0.717, 1.165) is 11.1 Å². The van der Waals surface area contributed by atoms with E-state index in [1.165, 1.54) is 6.92 Å². The van der Waals surface area contributed by atoms with Gasteiger partial charge in [0.15, 0.2) is 0 Å². The van der Waals surface area contributed by atoms with E-state index in [-0.39, 0.29) is 23.8 Å². The quantitative estimate of drug-likeness (QED) is 0.423. The van der Waals surface area contributed by atoms with Gasteiger partial charge in [0.1, 0.15) is 0 Å². The largest absolute Gasteiger partial charge is 0.352 e. The average Bonchev–Trinajstić information content (AvgIpc) is 2.85. The second-order valence-electron chi connectivity index (χ2n) is 8.22. The second kappa shape index (κ2) is 12.3. The molecular weight excluding hydrogens is 426 g/mol. The van der Waals surface area contributed by atoms with Crippen LogP contribution in [0.1, 0.15) is 54.2 Å². The zero-order valence-electron chi connectivity index (χ0n) is 19.7. The van der Waals surface area contributed by atoms with Crippen LogP contribution in [-0.2, 0) is 16.1 Å². The molecule has 0 aliphatic rings. The molecule has 34 heavy (non-hydrogen) atoms. The fourth-order valence-electron chi connectivity index (χ4n) is 3.76. The van der Waals surface area contributed by atoms with Crippen molar-refractivity contribution in [1.82, 2.24) is 10.2 Å². The Morgan fingerprint density at radius 2 is 1.56 bits per heavy atom. The van der Waals surface area contributed by atoms with Gasteiger partial charge in [0, 0.05) is 37.7 Å². The first-order chi connectivity index (χ1) is 16.4. The highest BCUT2D eigenvalue weighted by molar-refractivity contribution is 5.94. The highest BCUT2D eigenvalue weighted by atomic mass is 16.2. The van der Waals surface area contributed by atoms with E-state index in [9.17, 15) is 14.4 Å². The summed E-state index contributed by atoms with van der Waals surface area (Å²) in [4.78, 5) is 38.8. The van der Waals surface area contributed by atoms with Gasteiger partial charge in [-0.3, -0.25) is 14.4 Å². The fraction of sp³-hybridized carbons (Fsp3) is 0.250. The minimum Gasteiger partial charge on any atom is -0.352 e. The van der Waals surface area contributed by atoms with Crippen molar-refractivity contribution in [2.45, 2.75) is 39.3 Å². The summed E-state index contributed by atoms with van der Waals surface area (Å²) in [6.07, 6.45) is 0.860. The van der Waals surface area contributed by atoms with E-state index in [2.05, 4.69) is 10.6 Å². The lowest BCUT2D eigenvalue weighted by Gasteiger charge is -2.30. The average molecular weight is 458 g/mol. The highest BCUT2D eigenvalue weighted by Gasteiger charge is 2.22. The van der Waals surface area contributed by atoms with Gasteiger partial charge in [-0.1, -0.05) is 60.7 Å². The predicted molar refractivity (Wildman–Crippen MR) is 134 cm³/mol. The number of amides is 3.